The number of halogens is 1. The van der Waals surface area contributed by atoms with Crippen LogP contribution in [0.2, 0.25) is 0 Å². The first-order chi connectivity index (χ1) is 10.2. The molecule has 2 rings (SSSR count). The summed E-state index contributed by atoms with van der Waals surface area (Å²) >= 11 is 5.52. The second-order valence-corrected chi connectivity index (χ2v) is 6.88. The van der Waals surface area contributed by atoms with E-state index in [1.165, 1.54) is 16.2 Å². The van der Waals surface area contributed by atoms with Gasteiger partial charge in [-0.2, -0.15) is 5.10 Å². The fourth-order valence-electron chi connectivity index (χ4n) is 2.34. The Kier molecular flexibility index (Phi) is 6.33. The molecule has 1 atom stereocenters. The van der Waals surface area contributed by atoms with Crippen LogP contribution >= 0.6 is 27.7 Å². The van der Waals surface area contributed by atoms with Crippen LogP contribution in [-0.2, 0) is 6.54 Å². The number of nitrogens with one attached hydrogen (secondary N) is 1. The second kappa shape index (κ2) is 8.01. The molecule has 0 amide bonds. The summed E-state index contributed by atoms with van der Waals surface area (Å²) in [5.74, 6) is 0.988. The Bertz CT molecular complexity index is 583. The van der Waals surface area contributed by atoms with Gasteiger partial charge in [-0.25, -0.2) is 0 Å². The summed E-state index contributed by atoms with van der Waals surface area (Å²) in [6.45, 7) is 8.23. The Morgan fingerprint density at radius 1 is 1.38 bits per heavy atom. The van der Waals surface area contributed by atoms with Gasteiger partial charge in [0.2, 0.25) is 0 Å². The molecule has 0 spiro atoms. The maximum atomic E-state index is 4.43. The predicted octanol–water partition coefficient (Wildman–Crippen LogP) is 4.42. The Hall–Kier alpha value is -0.780. The summed E-state index contributed by atoms with van der Waals surface area (Å²) < 4.78 is 3.15. The van der Waals surface area contributed by atoms with E-state index >= 15 is 0 Å². The maximum absolute atomic E-state index is 4.43. The van der Waals surface area contributed by atoms with Crippen LogP contribution in [0.1, 0.15) is 31.1 Å². The highest BCUT2D eigenvalue weighted by atomic mass is 79.9. The van der Waals surface area contributed by atoms with Gasteiger partial charge in [-0.05, 0) is 48.5 Å². The lowest BCUT2D eigenvalue weighted by Crippen LogP contribution is -2.26. The lowest BCUT2D eigenvalue weighted by molar-refractivity contribution is 0.525. The Balaban J connectivity index is 2.14. The third-order valence-electron chi connectivity index (χ3n) is 3.32. The molecule has 0 aliphatic rings. The molecule has 1 aromatic heterocycles. The number of hydrogen-bond donors (Lipinski definition) is 1. The number of nitrogens with zero attached hydrogens (tertiary/aromatic N) is 2. The molecule has 5 heteroatoms. The first-order valence-electron chi connectivity index (χ1n) is 7.29. The van der Waals surface area contributed by atoms with Gasteiger partial charge >= 0.3 is 0 Å². The maximum Gasteiger partial charge on any atom is 0.0704 e. The summed E-state index contributed by atoms with van der Waals surface area (Å²) in [5, 5.41) is 8.00. The Morgan fingerprint density at radius 2 is 2.19 bits per heavy atom. The standard InChI is InChI=1S/C16H22BrN3S/c1-4-18-15(16-14(17)10-19-20(16)5-2)11-21-13-8-6-7-12(3)9-13/h6-10,15,18H,4-5,11H2,1-3H3. The number of aromatic nitrogens is 2. The monoisotopic (exact) mass is 367 g/mol. The molecule has 3 nitrogen and oxygen atoms in total. The zero-order chi connectivity index (χ0) is 15.2. The summed E-state index contributed by atoms with van der Waals surface area (Å²) in [6, 6.07) is 8.95. The largest absolute Gasteiger partial charge is 0.308 e. The van der Waals surface area contributed by atoms with Crippen molar-refractivity contribution < 1.29 is 0 Å². The molecule has 0 aliphatic carbocycles. The lowest BCUT2D eigenvalue weighted by atomic mass is 10.2. The third-order valence-corrected chi connectivity index (χ3v) is 5.02. The number of hydrogen-bond acceptors (Lipinski definition) is 3. The van der Waals surface area contributed by atoms with Crippen LogP contribution in [0.25, 0.3) is 0 Å². The molecule has 1 unspecified atom stereocenters. The van der Waals surface area contributed by atoms with E-state index in [4.69, 9.17) is 0 Å². The van der Waals surface area contributed by atoms with E-state index in [-0.39, 0.29) is 6.04 Å². The van der Waals surface area contributed by atoms with Crippen LogP contribution in [0, 0.1) is 6.92 Å². The van der Waals surface area contributed by atoms with Crippen LogP contribution in [0.5, 0.6) is 0 Å². The van der Waals surface area contributed by atoms with Crippen LogP contribution < -0.4 is 5.32 Å². The average Bonchev–Trinajstić information content (AvgIpc) is 2.84. The zero-order valence-electron chi connectivity index (χ0n) is 12.8. The van der Waals surface area contributed by atoms with Crippen molar-refractivity contribution in [3.63, 3.8) is 0 Å². The molecule has 1 aromatic carbocycles. The van der Waals surface area contributed by atoms with E-state index in [9.17, 15) is 0 Å². The van der Waals surface area contributed by atoms with Crippen LogP contribution in [0.3, 0.4) is 0 Å². The van der Waals surface area contributed by atoms with Gasteiger partial charge in [-0.15, -0.1) is 11.8 Å². The SMILES string of the molecule is CCNC(CSc1cccc(C)c1)c1c(Br)cnn1CC. The molecular formula is C16H22BrN3S. The van der Waals surface area contributed by atoms with E-state index in [1.54, 1.807) is 0 Å². The molecule has 2 aromatic rings. The Morgan fingerprint density at radius 3 is 2.86 bits per heavy atom. The highest BCUT2D eigenvalue weighted by Gasteiger charge is 2.19. The summed E-state index contributed by atoms with van der Waals surface area (Å²) in [7, 11) is 0. The van der Waals surface area contributed by atoms with Crippen LogP contribution in [0.4, 0.5) is 0 Å². The number of thioether (sulfide) groups is 1. The fourth-order valence-corrected chi connectivity index (χ4v) is 3.99. The minimum atomic E-state index is 0.289. The normalized spacial score (nSPS) is 12.6. The van der Waals surface area contributed by atoms with E-state index in [0.29, 0.717) is 0 Å². The quantitative estimate of drug-likeness (QED) is 0.734. The predicted molar refractivity (Wildman–Crippen MR) is 93.9 cm³/mol. The molecule has 0 aliphatic heterocycles. The first kappa shape index (κ1) is 16.6. The molecule has 0 saturated heterocycles. The van der Waals surface area contributed by atoms with Gasteiger partial charge in [0.15, 0.2) is 0 Å². The molecule has 0 radical (unpaired) electrons. The van der Waals surface area contributed by atoms with Crippen molar-refractivity contribution in [1.82, 2.24) is 15.1 Å². The molecule has 0 saturated carbocycles. The number of aryl methyl sites for hydroxylation is 2. The van der Waals surface area contributed by atoms with E-state index in [0.717, 1.165) is 23.3 Å². The van der Waals surface area contributed by atoms with Gasteiger partial charge in [0.25, 0.3) is 0 Å². The third kappa shape index (κ3) is 4.34. The summed E-state index contributed by atoms with van der Waals surface area (Å²) in [4.78, 5) is 1.32. The summed E-state index contributed by atoms with van der Waals surface area (Å²) in [5.41, 5.74) is 2.54. The van der Waals surface area contributed by atoms with Crippen molar-refractivity contribution in [3.05, 3.63) is 46.2 Å². The van der Waals surface area contributed by atoms with E-state index < -0.39 is 0 Å². The smallest absolute Gasteiger partial charge is 0.0704 e. The topological polar surface area (TPSA) is 29.9 Å². The number of benzene rings is 1. The van der Waals surface area contributed by atoms with Gasteiger partial charge < -0.3 is 5.32 Å². The van der Waals surface area contributed by atoms with Gasteiger partial charge in [0, 0.05) is 17.2 Å². The number of rotatable bonds is 7. The Labute approximate surface area is 139 Å². The van der Waals surface area contributed by atoms with Gasteiger partial charge in [0.05, 0.1) is 22.4 Å². The van der Waals surface area contributed by atoms with Crippen molar-refractivity contribution in [3.8, 4) is 0 Å². The van der Waals surface area contributed by atoms with Crippen LogP contribution in [0.15, 0.2) is 39.8 Å². The molecule has 0 bridgehead atoms. The molecule has 0 fully saturated rings. The van der Waals surface area contributed by atoms with Crippen molar-refractivity contribution in [1.29, 1.82) is 0 Å². The second-order valence-electron chi connectivity index (χ2n) is 4.93. The van der Waals surface area contributed by atoms with Crippen molar-refractivity contribution >= 4 is 27.7 Å². The molecule has 21 heavy (non-hydrogen) atoms. The molecule has 1 heterocycles. The first-order valence-corrected chi connectivity index (χ1v) is 9.07. The minimum absolute atomic E-state index is 0.289. The van der Waals surface area contributed by atoms with Crippen LogP contribution in [-0.4, -0.2) is 22.1 Å². The fraction of sp³-hybridized carbons (Fsp3) is 0.438. The molecule has 114 valence electrons. The van der Waals surface area contributed by atoms with E-state index in [1.807, 2.05) is 18.0 Å². The van der Waals surface area contributed by atoms with Crippen molar-refractivity contribution in [2.75, 3.05) is 12.3 Å². The van der Waals surface area contributed by atoms with Gasteiger partial charge in [-0.3, -0.25) is 4.68 Å². The highest BCUT2D eigenvalue weighted by Crippen LogP contribution is 2.29. The van der Waals surface area contributed by atoms with Gasteiger partial charge in [-0.1, -0.05) is 24.6 Å². The summed E-state index contributed by atoms with van der Waals surface area (Å²) in [6.07, 6.45) is 1.89. The zero-order valence-corrected chi connectivity index (χ0v) is 15.2. The van der Waals surface area contributed by atoms with E-state index in [2.05, 4.69) is 76.1 Å². The van der Waals surface area contributed by atoms with Crippen molar-refractivity contribution in [2.24, 2.45) is 0 Å². The average molecular weight is 368 g/mol. The highest BCUT2D eigenvalue weighted by molar-refractivity contribution is 9.10. The lowest BCUT2D eigenvalue weighted by Gasteiger charge is -2.19. The van der Waals surface area contributed by atoms with Crippen molar-refractivity contribution in [2.45, 2.75) is 38.3 Å². The molecular weight excluding hydrogens is 346 g/mol. The minimum Gasteiger partial charge on any atom is -0.308 e. The van der Waals surface area contributed by atoms with Gasteiger partial charge in [0.1, 0.15) is 0 Å². The molecule has 1 N–H and O–H groups in total.